The van der Waals surface area contributed by atoms with E-state index in [-0.39, 0.29) is 45.5 Å². The van der Waals surface area contributed by atoms with E-state index in [0.717, 1.165) is 0 Å². The molecule has 10 nitrogen and oxygen atoms in total. The van der Waals surface area contributed by atoms with Gasteiger partial charge in [0.05, 0.1) is 12.0 Å². The number of hydrogen-bond acceptors (Lipinski definition) is 7. The molecular weight excluding hydrogens is 540 g/mol. The van der Waals surface area contributed by atoms with E-state index in [1.165, 1.54) is 40.0 Å². The van der Waals surface area contributed by atoms with Gasteiger partial charge in [0.25, 0.3) is 0 Å². The number of hydrogen-bond donors (Lipinski definition) is 1. The van der Waals surface area contributed by atoms with Crippen molar-refractivity contribution < 1.29 is 26.4 Å². The van der Waals surface area contributed by atoms with E-state index in [1.54, 1.807) is 18.2 Å². The zero-order valence-corrected chi connectivity index (χ0v) is 23.2. The van der Waals surface area contributed by atoms with E-state index in [4.69, 9.17) is 16.3 Å². The molecule has 0 radical (unpaired) electrons. The standard InChI is InChI=1S/C24H31ClN4O6S2/c1-27-13-15-29(16-14-27)36(31,32)21-6-4-20(5-7-21)26-24(30)18-9-11-28(12-10-18)37(33,34)23-17-19(25)3-8-22(23)35-2/h3-8,17-18H,9-16H2,1-2H3,(H,26,30). The number of nitrogens with zero attached hydrogens (tertiary/aromatic N) is 3. The molecule has 202 valence electrons. The normalized spacial score (nSPS) is 19.0. The minimum atomic E-state index is -3.84. The third-order valence-corrected chi connectivity index (χ3v) is 10.9. The van der Waals surface area contributed by atoms with Gasteiger partial charge in [0, 0.05) is 55.9 Å². The number of likely N-dealkylation sites (N-methyl/N-ethyl adjacent to an activating group) is 1. The number of benzene rings is 2. The number of nitrogens with one attached hydrogen (secondary N) is 1. The van der Waals surface area contributed by atoms with Gasteiger partial charge >= 0.3 is 0 Å². The fourth-order valence-corrected chi connectivity index (χ4v) is 7.79. The summed E-state index contributed by atoms with van der Waals surface area (Å²) in [6.45, 7) is 2.60. The Balaban J connectivity index is 1.36. The molecule has 0 saturated carbocycles. The zero-order valence-electron chi connectivity index (χ0n) is 20.8. The molecule has 2 aromatic rings. The molecule has 1 amide bonds. The number of anilines is 1. The Kier molecular flexibility index (Phi) is 8.46. The highest BCUT2D eigenvalue weighted by atomic mass is 35.5. The largest absolute Gasteiger partial charge is 0.495 e. The third kappa shape index (κ3) is 6.10. The highest BCUT2D eigenvalue weighted by Gasteiger charge is 2.34. The predicted octanol–water partition coefficient (Wildman–Crippen LogP) is 2.32. The molecule has 1 N–H and O–H groups in total. The molecule has 0 bridgehead atoms. The summed E-state index contributed by atoms with van der Waals surface area (Å²) >= 11 is 6.01. The van der Waals surface area contributed by atoms with Crippen LogP contribution in [0.25, 0.3) is 0 Å². The maximum Gasteiger partial charge on any atom is 0.246 e. The first kappa shape index (κ1) is 27.8. The molecular formula is C24H31ClN4O6S2. The highest BCUT2D eigenvalue weighted by Crippen LogP contribution is 2.32. The molecule has 37 heavy (non-hydrogen) atoms. The second kappa shape index (κ2) is 11.3. The van der Waals surface area contributed by atoms with Gasteiger partial charge in [-0.05, 0) is 62.4 Å². The van der Waals surface area contributed by atoms with E-state index >= 15 is 0 Å². The number of carbonyl (C=O) groups excluding carboxylic acids is 1. The average molecular weight is 571 g/mol. The van der Waals surface area contributed by atoms with Crippen LogP contribution in [0.1, 0.15) is 12.8 Å². The van der Waals surface area contributed by atoms with E-state index in [0.29, 0.717) is 44.7 Å². The molecule has 0 spiro atoms. The van der Waals surface area contributed by atoms with Crippen LogP contribution in [0.5, 0.6) is 5.75 Å². The van der Waals surface area contributed by atoms with Gasteiger partial charge in [-0.25, -0.2) is 16.8 Å². The Morgan fingerprint density at radius 1 is 0.892 bits per heavy atom. The van der Waals surface area contributed by atoms with Crippen LogP contribution < -0.4 is 10.1 Å². The Hall–Kier alpha value is -2.22. The average Bonchev–Trinajstić information content (AvgIpc) is 2.89. The van der Waals surface area contributed by atoms with Crippen molar-refractivity contribution in [1.29, 1.82) is 0 Å². The summed E-state index contributed by atoms with van der Waals surface area (Å²) in [4.78, 5) is 15.1. The fourth-order valence-electron chi connectivity index (χ4n) is 4.48. The highest BCUT2D eigenvalue weighted by molar-refractivity contribution is 7.89. The smallest absolute Gasteiger partial charge is 0.246 e. The van der Waals surface area contributed by atoms with Crippen molar-refractivity contribution in [3.63, 3.8) is 0 Å². The van der Waals surface area contributed by atoms with Crippen molar-refractivity contribution in [3.05, 3.63) is 47.5 Å². The van der Waals surface area contributed by atoms with E-state index < -0.39 is 20.0 Å². The van der Waals surface area contributed by atoms with Crippen molar-refractivity contribution >= 4 is 43.2 Å². The van der Waals surface area contributed by atoms with Crippen LogP contribution in [-0.4, -0.2) is 89.7 Å². The first-order valence-electron chi connectivity index (χ1n) is 12.0. The molecule has 2 aliphatic heterocycles. The van der Waals surface area contributed by atoms with Crippen molar-refractivity contribution in [2.75, 3.05) is 58.7 Å². The van der Waals surface area contributed by atoms with Crippen molar-refractivity contribution in [1.82, 2.24) is 13.5 Å². The predicted molar refractivity (Wildman–Crippen MR) is 141 cm³/mol. The number of carbonyl (C=O) groups is 1. The monoisotopic (exact) mass is 570 g/mol. The summed E-state index contributed by atoms with van der Waals surface area (Å²) in [5, 5.41) is 3.12. The van der Waals surface area contributed by atoms with Gasteiger partial charge in [0.2, 0.25) is 26.0 Å². The SMILES string of the molecule is COc1ccc(Cl)cc1S(=O)(=O)N1CCC(C(=O)Nc2ccc(S(=O)(=O)N3CCN(C)CC3)cc2)CC1. The molecule has 0 atom stereocenters. The van der Waals surface area contributed by atoms with Crippen LogP contribution in [0.15, 0.2) is 52.3 Å². The number of rotatable bonds is 7. The quantitative estimate of drug-likeness (QED) is 0.543. The molecule has 2 aliphatic rings. The Morgan fingerprint density at radius 3 is 2.08 bits per heavy atom. The van der Waals surface area contributed by atoms with Crippen LogP contribution in [0.4, 0.5) is 5.69 Å². The lowest BCUT2D eigenvalue weighted by Gasteiger charge is -2.31. The summed E-state index contributed by atoms with van der Waals surface area (Å²) in [7, 11) is -4.07. The van der Waals surface area contributed by atoms with Crippen LogP contribution in [0.3, 0.4) is 0 Å². The lowest BCUT2D eigenvalue weighted by Crippen LogP contribution is -2.46. The molecule has 0 unspecified atom stereocenters. The van der Waals surface area contributed by atoms with Crippen LogP contribution in [0.2, 0.25) is 5.02 Å². The van der Waals surface area contributed by atoms with Crippen LogP contribution >= 0.6 is 11.6 Å². The number of halogens is 1. The van der Waals surface area contributed by atoms with E-state index in [1.807, 2.05) is 7.05 Å². The molecule has 4 rings (SSSR count). The summed E-state index contributed by atoms with van der Waals surface area (Å²) in [5.41, 5.74) is 0.487. The Bertz CT molecular complexity index is 1340. The van der Waals surface area contributed by atoms with E-state index in [9.17, 15) is 21.6 Å². The molecule has 2 aromatic carbocycles. The minimum absolute atomic E-state index is 0.00276. The summed E-state index contributed by atoms with van der Waals surface area (Å²) in [5.74, 6) is -0.393. The van der Waals surface area contributed by atoms with Crippen molar-refractivity contribution in [2.45, 2.75) is 22.6 Å². The number of piperazine rings is 1. The third-order valence-electron chi connectivity index (χ3n) is 6.79. The van der Waals surface area contributed by atoms with Gasteiger partial charge < -0.3 is 15.0 Å². The molecule has 13 heteroatoms. The van der Waals surface area contributed by atoms with Gasteiger partial charge in [0.1, 0.15) is 10.6 Å². The second-order valence-corrected chi connectivity index (χ2v) is 13.5. The molecule has 2 saturated heterocycles. The number of sulfonamides is 2. The molecule has 0 aliphatic carbocycles. The summed E-state index contributed by atoms with van der Waals surface area (Å²) in [6.07, 6.45) is 0.702. The van der Waals surface area contributed by atoms with Crippen LogP contribution in [-0.2, 0) is 24.8 Å². The Labute approximate surface area is 223 Å². The Morgan fingerprint density at radius 2 is 1.49 bits per heavy atom. The maximum absolute atomic E-state index is 13.2. The minimum Gasteiger partial charge on any atom is -0.495 e. The lowest BCUT2D eigenvalue weighted by molar-refractivity contribution is -0.120. The molecule has 0 aromatic heterocycles. The second-order valence-electron chi connectivity index (χ2n) is 9.19. The van der Waals surface area contributed by atoms with E-state index in [2.05, 4.69) is 10.2 Å². The lowest BCUT2D eigenvalue weighted by atomic mass is 9.97. The first-order valence-corrected chi connectivity index (χ1v) is 15.2. The maximum atomic E-state index is 13.2. The van der Waals surface area contributed by atoms with Crippen molar-refractivity contribution in [3.8, 4) is 5.75 Å². The fraction of sp³-hybridized carbons (Fsp3) is 0.458. The number of methoxy groups -OCH3 is 1. The molecule has 2 fully saturated rings. The number of piperidine rings is 1. The van der Waals surface area contributed by atoms with Gasteiger partial charge in [-0.1, -0.05) is 11.6 Å². The topological polar surface area (TPSA) is 116 Å². The number of ether oxygens (including phenoxy) is 1. The van der Waals surface area contributed by atoms with Gasteiger partial charge in [-0.3, -0.25) is 4.79 Å². The van der Waals surface area contributed by atoms with Gasteiger partial charge in [-0.15, -0.1) is 0 Å². The molecule has 2 heterocycles. The van der Waals surface area contributed by atoms with Crippen molar-refractivity contribution in [2.24, 2.45) is 5.92 Å². The summed E-state index contributed by atoms with van der Waals surface area (Å²) < 4.78 is 60.1. The van der Waals surface area contributed by atoms with Gasteiger partial charge in [-0.2, -0.15) is 8.61 Å². The zero-order chi connectivity index (χ0) is 26.8. The van der Waals surface area contributed by atoms with Gasteiger partial charge in [0.15, 0.2) is 0 Å². The number of amides is 1. The summed E-state index contributed by atoms with van der Waals surface area (Å²) in [6, 6.07) is 10.6. The van der Waals surface area contributed by atoms with Crippen LogP contribution in [0, 0.1) is 5.92 Å². The first-order chi connectivity index (χ1) is 17.5.